The zero-order valence-electron chi connectivity index (χ0n) is 9.80. The smallest absolute Gasteiger partial charge is 0.269 e. The maximum absolute atomic E-state index is 11.3. The molecule has 17 heavy (non-hydrogen) atoms. The molecule has 7 heteroatoms. The predicted molar refractivity (Wildman–Crippen MR) is 62.4 cm³/mol. The van der Waals surface area contributed by atoms with Gasteiger partial charge in [-0.2, -0.15) is 0 Å². The number of anilines is 1. The van der Waals surface area contributed by atoms with Crippen LogP contribution in [-0.4, -0.2) is 47.6 Å². The van der Waals surface area contributed by atoms with Crippen molar-refractivity contribution in [1.82, 2.24) is 15.1 Å². The monoisotopic (exact) mass is 237 g/mol. The topological polar surface area (TPSA) is 101 Å². The second kappa shape index (κ2) is 5.78. The highest BCUT2D eigenvalue weighted by Crippen LogP contribution is 2.01. The molecular formula is C10H15N5O2. The summed E-state index contributed by atoms with van der Waals surface area (Å²) in [4.78, 5) is 23.5. The molecule has 7 nitrogen and oxygen atoms in total. The van der Waals surface area contributed by atoms with E-state index in [0.717, 1.165) is 0 Å². The van der Waals surface area contributed by atoms with Crippen molar-refractivity contribution in [3.63, 3.8) is 0 Å². The van der Waals surface area contributed by atoms with Crippen LogP contribution in [0.1, 0.15) is 16.9 Å². The molecule has 0 radical (unpaired) electrons. The van der Waals surface area contributed by atoms with Gasteiger partial charge in [-0.25, -0.2) is 0 Å². The number of carbonyl (C=O) groups is 2. The van der Waals surface area contributed by atoms with Gasteiger partial charge in [0.2, 0.25) is 5.91 Å². The number of amides is 2. The van der Waals surface area contributed by atoms with E-state index in [2.05, 4.69) is 15.5 Å². The summed E-state index contributed by atoms with van der Waals surface area (Å²) in [5.41, 5.74) is 5.14. The Bertz CT molecular complexity index is 402. The minimum atomic E-state index is -0.619. The fourth-order valence-corrected chi connectivity index (χ4v) is 1.08. The minimum absolute atomic E-state index is 0.0271. The molecule has 0 spiro atoms. The van der Waals surface area contributed by atoms with Gasteiger partial charge in [-0.05, 0) is 12.1 Å². The molecule has 2 amide bonds. The van der Waals surface area contributed by atoms with Crippen molar-refractivity contribution < 1.29 is 9.59 Å². The molecule has 0 aliphatic rings. The van der Waals surface area contributed by atoms with E-state index < -0.39 is 5.91 Å². The number of hydrogen-bond acceptors (Lipinski definition) is 5. The Hall–Kier alpha value is -2.18. The molecule has 0 atom stereocenters. The first-order valence-electron chi connectivity index (χ1n) is 5.08. The van der Waals surface area contributed by atoms with Gasteiger partial charge in [0.15, 0.2) is 5.69 Å². The van der Waals surface area contributed by atoms with Crippen LogP contribution in [-0.2, 0) is 4.79 Å². The van der Waals surface area contributed by atoms with Crippen LogP contribution in [0.4, 0.5) is 5.82 Å². The van der Waals surface area contributed by atoms with E-state index in [4.69, 9.17) is 5.73 Å². The first-order valence-corrected chi connectivity index (χ1v) is 5.08. The number of rotatable bonds is 5. The fourth-order valence-electron chi connectivity index (χ4n) is 1.08. The van der Waals surface area contributed by atoms with Gasteiger partial charge in [0.1, 0.15) is 5.82 Å². The Labute approximate surface area is 99.0 Å². The second-order valence-electron chi connectivity index (χ2n) is 3.63. The maximum atomic E-state index is 11.3. The van der Waals surface area contributed by atoms with Crippen LogP contribution in [0.15, 0.2) is 12.1 Å². The quantitative estimate of drug-likeness (QED) is 0.716. The van der Waals surface area contributed by atoms with Crippen LogP contribution in [0.25, 0.3) is 0 Å². The van der Waals surface area contributed by atoms with Gasteiger partial charge in [-0.1, -0.05) is 0 Å². The van der Waals surface area contributed by atoms with Crippen LogP contribution in [0.5, 0.6) is 0 Å². The highest BCUT2D eigenvalue weighted by atomic mass is 16.2. The molecule has 0 aliphatic heterocycles. The summed E-state index contributed by atoms with van der Waals surface area (Å²) in [6.07, 6.45) is 0.367. The third-order valence-corrected chi connectivity index (χ3v) is 2.06. The molecule has 92 valence electrons. The number of carbonyl (C=O) groups excluding carboxylic acids is 2. The lowest BCUT2D eigenvalue weighted by atomic mass is 10.3. The molecule has 1 aromatic heterocycles. The predicted octanol–water partition coefficient (Wildman–Crippen LogP) is -0.534. The highest BCUT2D eigenvalue weighted by Gasteiger charge is 2.05. The first-order chi connectivity index (χ1) is 8.00. The van der Waals surface area contributed by atoms with E-state index in [1.165, 1.54) is 11.0 Å². The van der Waals surface area contributed by atoms with Crippen molar-refractivity contribution in [1.29, 1.82) is 0 Å². The summed E-state index contributed by atoms with van der Waals surface area (Å²) in [5.74, 6) is -0.0902. The van der Waals surface area contributed by atoms with Gasteiger partial charge in [0.25, 0.3) is 5.91 Å². The van der Waals surface area contributed by atoms with Crippen molar-refractivity contribution in [3.8, 4) is 0 Å². The normalized spacial score (nSPS) is 9.76. The lowest BCUT2D eigenvalue weighted by molar-refractivity contribution is -0.128. The molecule has 0 fully saturated rings. The van der Waals surface area contributed by atoms with Gasteiger partial charge in [-0.15, -0.1) is 10.2 Å². The van der Waals surface area contributed by atoms with Crippen LogP contribution in [0.3, 0.4) is 0 Å². The number of nitrogens with zero attached hydrogens (tertiary/aromatic N) is 3. The SMILES string of the molecule is CN(C)C(=O)CCNc1ccc(C(N)=O)nn1. The van der Waals surface area contributed by atoms with E-state index >= 15 is 0 Å². The van der Waals surface area contributed by atoms with Crippen LogP contribution < -0.4 is 11.1 Å². The lowest BCUT2D eigenvalue weighted by Crippen LogP contribution is -2.24. The summed E-state index contributed by atoms with van der Waals surface area (Å²) in [7, 11) is 3.40. The Kier molecular flexibility index (Phi) is 4.38. The average Bonchev–Trinajstić information content (AvgIpc) is 2.29. The molecule has 0 aromatic carbocycles. The van der Waals surface area contributed by atoms with Gasteiger partial charge in [0.05, 0.1) is 0 Å². The third-order valence-electron chi connectivity index (χ3n) is 2.06. The Morgan fingerprint density at radius 1 is 1.35 bits per heavy atom. The maximum Gasteiger partial charge on any atom is 0.269 e. The van der Waals surface area contributed by atoms with E-state index in [1.54, 1.807) is 20.2 Å². The number of primary amides is 1. The largest absolute Gasteiger partial charge is 0.368 e. The number of nitrogens with one attached hydrogen (secondary N) is 1. The Balaban J connectivity index is 2.42. The van der Waals surface area contributed by atoms with Gasteiger partial charge in [0, 0.05) is 27.1 Å². The van der Waals surface area contributed by atoms with E-state index in [-0.39, 0.29) is 11.6 Å². The second-order valence-corrected chi connectivity index (χ2v) is 3.63. The summed E-state index contributed by atoms with van der Waals surface area (Å²) >= 11 is 0. The van der Waals surface area contributed by atoms with Crippen molar-refractivity contribution in [3.05, 3.63) is 17.8 Å². The molecular weight excluding hydrogens is 222 g/mol. The molecule has 0 saturated carbocycles. The highest BCUT2D eigenvalue weighted by molar-refractivity contribution is 5.90. The zero-order chi connectivity index (χ0) is 12.8. The standard InChI is InChI=1S/C10H15N5O2/c1-15(2)9(16)5-6-12-8-4-3-7(10(11)17)13-14-8/h3-4H,5-6H2,1-2H3,(H2,11,17)(H,12,14). The summed E-state index contributed by atoms with van der Waals surface area (Å²) in [6.45, 7) is 0.460. The summed E-state index contributed by atoms with van der Waals surface area (Å²) in [6, 6.07) is 3.07. The molecule has 0 bridgehead atoms. The van der Waals surface area contributed by atoms with E-state index in [0.29, 0.717) is 18.8 Å². The molecule has 0 unspecified atom stereocenters. The molecule has 0 saturated heterocycles. The van der Waals surface area contributed by atoms with E-state index in [1.807, 2.05) is 0 Å². The van der Waals surface area contributed by atoms with Gasteiger partial charge >= 0.3 is 0 Å². The van der Waals surface area contributed by atoms with Crippen molar-refractivity contribution >= 4 is 17.6 Å². The number of hydrogen-bond donors (Lipinski definition) is 2. The van der Waals surface area contributed by atoms with Crippen LogP contribution >= 0.6 is 0 Å². The van der Waals surface area contributed by atoms with Gasteiger partial charge < -0.3 is 16.0 Å². The zero-order valence-corrected chi connectivity index (χ0v) is 9.80. The van der Waals surface area contributed by atoms with Crippen molar-refractivity contribution in [2.45, 2.75) is 6.42 Å². The van der Waals surface area contributed by atoms with Crippen LogP contribution in [0.2, 0.25) is 0 Å². The minimum Gasteiger partial charge on any atom is -0.368 e. The third kappa shape index (κ3) is 4.06. The van der Waals surface area contributed by atoms with Crippen molar-refractivity contribution in [2.75, 3.05) is 26.0 Å². The molecule has 1 aromatic rings. The van der Waals surface area contributed by atoms with Crippen molar-refractivity contribution in [2.24, 2.45) is 5.73 Å². The molecule has 0 aliphatic carbocycles. The summed E-state index contributed by atoms with van der Waals surface area (Å²) < 4.78 is 0. The van der Waals surface area contributed by atoms with Crippen LogP contribution in [0, 0.1) is 0 Å². The number of nitrogens with two attached hydrogens (primary N) is 1. The molecule has 3 N–H and O–H groups in total. The first kappa shape index (κ1) is 12.9. The van der Waals surface area contributed by atoms with E-state index in [9.17, 15) is 9.59 Å². The fraction of sp³-hybridized carbons (Fsp3) is 0.400. The molecule has 1 rings (SSSR count). The molecule has 1 heterocycles. The lowest BCUT2D eigenvalue weighted by Gasteiger charge is -2.10. The average molecular weight is 237 g/mol. The van der Waals surface area contributed by atoms with Gasteiger partial charge in [-0.3, -0.25) is 9.59 Å². The number of aromatic nitrogens is 2. The summed E-state index contributed by atoms with van der Waals surface area (Å²) in [5, 5.41) is 10.3. The Morgan fingerprint density at radius 2 is 2.06 bits per heavy atom. The Morgan fingerprint density at radius 3 is 2.53 bits per heavy atom.